The van der Waals surface area contributed by atoms with E-state index >= 15 is 0 Å². The van der Waals surface area contributed by atoms with Gasteiger partial charge in [-0.05, 0) is 49.1 Å². The highest BCUT2D eigenvalue weighted by atomic mass is 35.5. The maximum absolute atomic E-state index is 12.9. The molecule has 33 heavy (non-hydrogen) atoms. The minimum atomic E-state index is -0.501. The summed E-state index contributed by atoms with van der Waals surface area (Å²) in [6.07, 6.45) is 3.77. The van der Waals surface area contributed by atoms with Gasteiger partial charge in [0.25, 0.3) is 0 Å². The van der Waals surface area contributed by atoms with Crippen molar-refractivity contribution >= 4 is 40.7 Å². The normalized spacial score (nSPS) is 21.4. The highest BCUT2D eigenvalue weighted by molar-refractivity contribution is 6.45. The van der Waals surface area contributed by atoms with Crippen LogP contribution in [0.2, 0.25) is 5.02 Å². The number of nitrogens with one attached hydrogen (secondary N) is 3. The van der Waals surface area contributed by atoms with Crippen LogP contribution in [0, 0.1) is 5.41 Å². The number of anilines is 1. The molecule has 1 aromatic heterocycles. The fourth-order valence-corrected chi connectivity index (χ4v) is 4.47. The predicted molar refractivity (Wildman–Crippen MR) is 126 cm³/mol. The Labute approximate surface area is 197 Å². The molecule has 2 amide bonds. The number of ketones is 1. The Morgan fingerprint density at radius 2 is 2.06 bits per heavy atom. The molecule has 1 saturated heterocycles. The standard InChI is InChI=1S/C24H26ClN5O3/c1-14(31)22(26)17-7-3-9-27-23(17)28-13-21(32)30-10-4-8-20(30)24(33)29-19-12-18(19)15-5-2-6-16(25)11-15/h2-3,5-7,9,11,18-20,26H,4,8,10,12-13H2,1H3,(H,27,28)(H,29,33)/t18?,19?,20-/m0/s1. The molecule has 2 aromatic rings. The van der Waals surface area contributed by atoms with Crippen molar-refractivity contribution in [1.29, 1.82) is 5.41 Å². The molecule has 1 saturated carbocycles. The maximum Gasteiger partial charge on any atom is 0.243 e. The molecule has 1 aromatic carbocycles. The number of amides is 2. The van der Waals surface area contributed by atoms with Crippen LogP contribution >= 0.6 is 11.6 Å². The molecule has 2 unspecified atom stereocenters. The van der Waals surface area contributed by atoms with E-state index in [1.807, 2.05) is 24.3 Å². The van der Waals surface area contributed by atoms with Crippen LogP contribution in [-0.2, 0) is 14.4 Å². The summed E-state index contributed by atoms with van der Waals surface area (Å²) in [6, 6.07) is 10.5. The molecule has 0 spiro atoms. The molecule has 4 rings (SSSR count). The van der Waals surface area contributed by atoms with Crippen molar-refractivity contribution in [2.24, 2.45) is 0 Å². The number of likely N-dealkylation sites (tertiary alicyclic amines) is 1. The third kappa shape index (κ3) is 5.22. The fraction of sp³-hybridized carbons (Fsp3) is 0.375. The van der Waals surface area contributed by atoms with Crippen molar-refractivity contribution < 1.29 is 14.4 Å². The van der Waals surface area contributed by atoms with Crippen LogP contribution in [0.5, 0.6) is 0 Å². The summed E-state index contributed by atoms with van der Waals surface area (Å²) in [5.74, 6) is -0.189. The Kier molecular flexibility index (Phi) is 6.74. The van der Waals surface area contributed by atoms with Gasteiger partial charge in [-0.15, -0.1) is 0 Å². The second-order valence-corrected chi connectivity index (χ2v) is 8.88. The molecule has 3 N–H and O–H groups in total. The Hall–Kier alpha value is -3.26. The average Bonchev–Trinajstić information content (AvgIpc) is 3.38. The van der Waals surface area contributed by atoms with E-state index in [-0.39, 0.29) is 41.8 Å². The molecule has 172 valence electrons. The monoisotopic (exact) mass is 467 g/mol. The molecule has 0 radical (unpaired) electrons. The number of Topliss-reactive ketones (excluding diaryl/α,β-unsaturated/α-hetero) is 1. The zero-order valence-corrected chi connectivity index (χ0v) is 19.1. The van der Waals surface area contributed by atoms with Crippen molar-refractivity contribution in [3.63, 3.8) is 0 Å². The van der Waals surface area contributed by atoms with E-state index in [0.29, 0.717) is 29.4 Å². The van der Waals surface area contributed by atoms with Crippen LogP contribution in [0.1, 0.15) is 43.2 Å². The molecular formula is C24H26ClN5O3. The predicted octanol–water partition coefficient (Wildman–Crippen LogP) is 2.77. The fourth-order valence-electron chi connectivity index (χ4n) is 4.28. The number of hydrogen-bond acceptors (Lipinski definition) is 6. The zero-order valence-electron chi connectivity index (χ0n) is 18.3. The summed E-state index contributed by atoms with van der Waals surface area (Å²) in [5, 5.41) is 14.6. The number of halogens is 1. The molecule has 2 heterocycles. The number of carbonyl (C=O) groups excluding carboxylic acids is 3. The molecule has 0 bridgehead atoms. The van der Waals surface area contributed by atoms with Crippen LogP contribution in [-0.4, -0.2) is 58.4 Å². The van der Waals surface area contributed by atoms with E-state index < -0.39 is 6.04 Å². The van der Waals surface area contributed by atoms with Gasteiger partial charge >= 0.3 is 0 Å². The summed E-state index contributed by atoms with van der Waals surface area (Å²) in [5.41, 5.74) is 1.28. The number of benzene rings is 1. The number of rotatable bonds is 8. The average molecular weight is 468 g/mol. The summed E-state index contributed by atoms with van der Waals surface area (Å²) in [7, 11) is 0. The van der Waals surface area contributed by atoms with Gasteiger partial charge in [-0.1, -0.05) is 23.7 Å². The summed E-state index contributed by atoms with van der Waals surface area (Å²) in [4.78, 5) is 43.1. The molecule has 1 aliphatic carbocycles. The summed E-state index contributed by atoms with van der Waals surface area (Å²) >= 11 is 6.07. The van der Waals surface area contributed by atoms with E-state index in [1.165, 1.54) is 13.1 Å². The van der Waals surface area contributed by atoms with Gasteiger partial charge in [-0.3, -0.25) is 19.8 Å². The van der Waals surface area contributed by atoms with Crippen molar-refractivity contribution in [2.75, 3.05) is 18.4 Å². The summed E-state index contributed by atoms with van der Waals surface area (Å²) < 4.78 is 0. The summed E-state index contributed by atoms with van der Waals surface area (Å²) in [6.45, 7) is 1.75. The van der Waals surface area contributed by atoms with Crippen LogP contribution < -0.4 is 10.6 Å². The maximum atomic E-state index is 12.9. The molecule has 9 heteroatoms. The molecule has 2 aliphatic rings. The van der Waals surface area contributed by atoms with Crippen molar-refractivity contribution in [3.8, 4) is 0 Å². The highest BCUT2D eigenvalue weighted by Gasteiger charge is 2.42. The topological polar surface area (TPSA) is 115 Å². The number of carbonyl (C=O) groups is 3. The van der Waals surface area contributed by atoms with Crippen LogP contribution in [0.4, 0.5) is 5.82 Å². The van der Waals surface area contributed by atoms with Crippen LogP contribution in [0.15, 0.2) is 42.6 Å². The van der Waals surface area contributed by atoms with E-state index in [0.717, 1.165) is 18.4 Å². The van der Waals surface area contributed by atoms with Crippen molar-refractivity contribution in [1.82, 2.24) is 15.2 Å². The lowest BCUT2D eigenvalue weighted by atomic mass is 10.1. The van der Waals surface area contributed by atoms with Crippen molar-refractivity contribution in [2.45, 2.75) is 44.2 Å². The van der Waals surface area contributed by atoms with E-state index in [9.17, 15) is 14.4 Å². The van der Waals surface area contributed by atoms with E-state index in [2.05, 4.69) is 15.6 Å². The number of hydrogen-bond donors (Lipinski definition) is 3. The Morgan fingerprint density at radius 3 is 2.82 bits per heavy atom. The Balaban J connectivity index is 1.34. The van der Waals surface area contributed by atoms with Gasteiger partial charge in [0.1, 0.15) is 17.6 Å². The van der Waals surface area contributed by atoms with Crippen molar-refractivity contribution in [3.05, 3.63) is 58.7 Å². The second-order valence-electron chi connectivity index (χ2n) is 8.44. The van der Waals surface area contributed by atoms with Crippen LogP contribution in [0.25, 0.3) is 0 Å². The smallest absolute Gasteiger partial charge is 0.243 e. The van der Waals surface area contributed by atoms with Gasteiger partial charge in [-0.2, -0.15) is 0 Å². The Bertz CT molecular complexity index is 1110. The first-order valence-electron chi connectivity index (χ1n) is 11.0. The highest BCUT2D eigenvalue weighted by Crippen LogP contribution is 2.41. The SMILES string of the molecule is CC(=O)C(=N)c1cccnc1NCC(=O)N1CCC[C@H]1C(=O)NC1CC1c1cccc(Cl)c1. The number of pyridine rings is 1. The first-order chi connectivity index (χ1) is 15.8. The quantitative estimate of drug-likeness (QED) is 0.516. The minimum Gasteiger partial charge on any atom is -0.360 e. The number of nitrogens with zero attached hydrogens (tertiary/aromatic N) is 2. The first-order valence-corrected chi connectivity index (χ1v) is 11.4. The van der Waals surface area contributed by atoms with Gasteiger partial charge < -0.3 is 15.5 Å². The van der Waals surface area contributed by atoms with E-state index in [4.69, 9.17) is 17.0 Å². The van der Waals surface area contributed by atoms with Gasteiger partial charge in [0.2, 0.25) is 11.8 Å². The zero-order chi connectivity index (χ0) is 23.5. The third-order valence-electron chi connectivity index (χ3n) is 6.11. The lowest BCUT2D eigenvalue weighted by Gasteiger charge is -2.24. The van der Waals surface area contributed by atoms with Gasteiger partial charge in [0, 0.05) is 42.2 Å². The largest absolute Gasteiger partial charge is 0.360 e. The lowest BCUT2D eigenvalue weighted by molar-refractivity contribution is -0.137. The lowest BCUT2D eigenvalue weighted by Crippen LogP contribution is -2.48. The second kappa shape index (κ2) is 9.70. The molecule has 2 fully saturated rings. The number of aromatic nitrogens is 1. The van der Waals surface area contributed by atoms with Gasteiger partial charge in [0.05, 0.1) is 6.54 Å². The molecular weight excluding hydrogens is 442 g/mol. The molecule has 3 atom stereocenters. The Morgan fingerprint density at radius 1 is 1.24 bits per heavy atom. The van der Waals surface area contributed by atoms with E-state index in [1.54, 1.807) is 17.0 Å². The minimum absolute atomic E-state index is 0.0558. The first kappa shape index (κ1) is 22.9. The van der Waals surface area contributed by atoms with Crippen LogP contribution in [0.3, 0.4) is 0 Å². The molecule has 8 nitrogen and oxygen atoms in total. The van der Waals surface area contributed by atoms with Gasteiger partial charge in [0.15, 0.2) is 5.78 Å². The molecule has 1 aliphatic heterocycles. The van der Waals surface area contributed by atoms with Gasteiger partial charge in [-0.25, -0.2) is 4.98 Å². The third-order valence-corrected chi connectivity index (χ3v) is 6.34.